The molecule has 88 valence electrons. The van der Waals surface area contributed by atoms with Crippen LogP contribution in [-0.4, -0.2) is 30.4 Å². The topological polar surface area (TPSA) is 32.3 Å². The SMILES string of the molecule is CCN(CC)CC(=O)Nc1ccc(F)cc1. The molecule has 0 aliphatic rings. The summed E-state index contributed by atoms with van der Waals surface area (Å²) in [5, 5.41) is 2.72. The van der Waals surface area contributed by atoms with Crippen LogP contribution in [-0.2, 0) is 4.79 Å². The molecule has 0 unspecified atom stereocenters. The maximum atomic E-state index is 12.6. The molecule has 0 aromatic heterocycles. The maximum absolute atomic E-state index is 12.6. The molecule has 1 rings (SSSR count). The van der Waals surface area contributed by atoms with Gasteiger partial charge in [0.2, 0.25) is 5.91 Å². The quantitative estimate of drug-likeness (QED) is 0.830. The smallest absolute Gasteiger partial charge is 0.238 e. The van der Waals surface area contributed by atoms with Gasteiger partial charge in [-0.3, -0.25) is 9.69 Å². The molecule has 1 amide bonds. The number of hydrogen-bond donors (Lipinski definition) is 1. The largest absolute Gasteiger partial charge is 0.325 e. The molecule has 0 bridgehead atoms. The van der Waals surface area contributed by atoms with E-state index < -0.39 is 0 Å². The monoisotopic (exact) mass is 224 g/mol. The van der Waals surface area contributed by atoms with Crippen LogP contribution in [0.1, 0.15) is 13.8 Å². The Hall–Kier alpha value is -1.42. The Morgan fingerprint density at radius 1 is 1.25 bits per heavy atom. The first-order valence-electron chi connectivity index (χ1n) is 5.43. The fourth-order valence-corrected chi connectivity index (χ4v) is 1.38. The molecule has 0 spiro atoms. The second kappa shape index (κ2) is 6.23. The molecular weight excluding hydrogens is 207 g/mol. The van der Waals surface area contributed by atoms with E-state index in [1.54, 1.807) is 12.1 Å². The van der Waals surface area contributed by atoms with Gasteiger partial charge >= 0.3 is 0 Å². The Morgan fingerprint density at radius 3 is 2.31 bits per heavy atom. The Kier molecular flexibility index (Phi) is 4.92. The van der Waals surface area contributed by atoms with Crippen LogP contribution >= 0.6 is 0 Å². The van der Waals surface area contributed by atoms with Crippen LogP contribution < -0.4 is 5.32 Å². The van der Waals surface area contributed by atoms with Crippen molar-refractivity contribution >= 4 is 11.6 Å². The van der Waals surface area contributed by atoms with Gasteiger partial charge in [0.05, 0.1) is 6.54 Å². The number of halogens is 1. The molecule has 4 heteroatoms. The highest BCUT2D eigenvalue weighted by Crippen LogP contribution is 2.07. The number of hydrogen-bond acceptors (Lipinski definition) is 2. The van der Waals surface area contributed by atoms with Gasteiger partial charge in [-0.05, 0) is 37.4 Å². The lowest BCUT2D eigenvalue weighted by Gasteiger charge is -2.17. The lowest BCUT2D eigenvalue weighted by molar-refractivity contribution is -0.117. The molecule has 1 N–H and O–H groups in total. The van der Waals surface area contributed by atoms with Crippen molar-refractivity contribution in [1.82, 2.24) is 4.90 Å². The molecule has 0 atom stereocenters. The van der Waals surface area contributed by atoms with Crippen molar-refractivity contribution in [2.24, 2.45) is 0 Å². The lowest BCUT2D eigenvalue weighted by atomic mass is 10.3. The highest BCUT2D eigenvalue weighted by Gasteiger charge is 2.07. The first-order valence-corrected chi connectivity index (χ1v) is 5.43. The van der Waals surface area contributed by atoms with Crippen molar-refractivity contribution in [3.05, 3.63) is 30.1 Å². The van der Waals surface area contributed by atoms with E-state index in [1.807, 2.05) is 18.7 Å². The van der Waals surface area contributed by atoms with E-state index in [-0.39, 0.29) is 11.7 Å². The van der Waals surface area contributed by atoms with Crippen LogP contribution in [0.3, 0.4) is 0 Å². The van der Waals surface area contributed by atoms with Gasteiger partial charge in [-0.25, -0.2) is 4.39 Å². The summed E-state index contributed by atoms with van der Waals surface area (Å²) < 4.78 is 12.6. The standard InChI is InChI=1S/C12H17FN2O/c1-3-15(4-2)9-12(16)14-11-7-5-10(13)6-8-11/h5-8H,3-4,9H2,1-2H3,(H,14,16). The third-order valence-electron chi connectivity index (χ3n) is 2.39. The van der Waals surface area contributed by atoms with Gasteiger partial charge in [0.1, 0.15) is 5.82 Å². The minimum atomic E-state index is -0.304. The molecule has 16 heavy (non-hydrogen) atoms. The maximum Gasteiger partial charge on any atom is 0.238 e. The third-order valence-corrected chi connectivity index (χ3v) is 2.39. The van der Waals surface area contributed by atoms with E-state index in [9.17, 15) is 9.18 Å². The predicted octanol–water partition coefficient (Wildman–Crippen LogP) is 2.11. The number of amides is 1. The van der Waals surface area contributed by atoms with Gasteiger partial charge in [0.25, 0.3) is 0 Å². The predicted molar refractivity (Wildman–Crippen MR) is 62.8 cm³/mol. The van der Waals surface area contributed by atoms with Crippen molar-refractivity contribution in [3.8, 4) is 0 Å². The first-order chi connectivity index (χ1) is 7.65. The molecule has 0 heterocycles. The highest BCUT2D eigenvalue weighted by molar-refractivity contribution is 5.92. The zero-order valence-electron chi connectivity index (χ0n) is 9.66. The number of likely N-dealkylation sites (N-methyl/N-ethyl adjacent to an activating group) is 1. The van der Waals surface area contributed by atoms with Crippen LogP contribution in [0.2, 0.25) is 0 Å². The minimum absolute atomic E-state index is 0.0738. The van der Waals surface area contributed by atoms with E-state index in [0.29, 0.717) is 12.2 Å². The molecular formula is C12H17FN2O. The summed E-state index contributed by atoms with van der Waals surface area (Å²) in [5.74, 6) is -0.378. The number of benzene rings is 1. The summed E-state index contributed by atoms with van der Waals surface area (Å²) in [6.45, 7) is 6.06. The molecule has 0 saturated carbocycles. The molecule has 1 aromatic rings. The second-order valence-corrected chi connectivity index (χ2v) is 3.52. The number of nitrogens with zero attached hydrogens (tertiary/aromatic N) is 1. The average molecular weight is 224 g/mol. The van der Waals surface area contributed by atoms with Gasteiger partial charge in [-0.15, -0.1) is 0 Å². The summed E-state index contributed by atoms with van der Waals surface area (Å²) in [7, 11) is 0. The van der Waals surface area contributed by atoms with E-state index in [2.05, 4.69) is 5.32 Å². The van der Waals surface area contributed by atoms with Gasteiger partial charge in [0, 0.05) is 5.69 Å². The Balaban J connectivity index is 2.48. The molecule has 0 aliphatic carbocycles. The highest BCUT2D eigenvalue weighted by atomic mass is 19.1. The summed E-state index contributed by atoms with van der Waals surface area (Å²) in [6.07, 6.45) is 0. The third kappa shape index (κ3) is 3.98. The van der Waals surface area contributed by atoms with Crippen LogP contribution in [0.25, 0.3) is 0 Å². The number of anilines is 1. The van der Waals surface area contributed by atoms with Crippen molar-refractivity contribution in [3.63, 3.8) is 0 Å². The number of nitrogens with one attached hydrogen (secondary N) is 1. The molecule has 0 saturated heterocycles. The Morgan fingerprint density at radius 2 is 1.81 bits per heavy atom. The fourth-order valence-electron chi connectivity index (χ4n) is 1.38. The van der Waals surface area contributed by atoms with E-state index in [4.69, 9.17) is 0 Å². The number of rotatable bonds is 5. The van der Waals surface area contributed by atoms with Crippen molar-refractivity contribution < 1.29 is 9.18 Å². The van der Waals surface area contributed by atoms with Gasteiger partial charge in [-0.2, -0.15) is 0 Å². The van der Waals surface area contributed by atoms with E-state index in [1.165, 1.54) is 12.1 Å². The van der Waals surface area contributed by atoms with Crippen LogP contribution in [0.4, 0.5) is 10.1 Å². The second-order valence-electron chi connectivity index (χ2n) is 3.52. The molecule has 3 nitrogen and oxygen atoms in total. The van der Waals surface area contributed by atoms with Crippen molar-refractivity contribution in [2.45, 2.75) is 13.8 Å². The van der Waals surface area contributed by atoms with Gasteiger partial charge < -0.3 is 5.32 Å². The molecule has 0 radical (unpaired) electrons. The average Bonchev–Trinajstić information content (AvgIpc) is 2.29. The lowest BCUT2D eigenvalue weighted by Crippen LogP contribution is -2.32. The number of carbonyl (C=O) groups is 1. The Bertz CT molecular complexity index is 333. The van der Waals surface area contributed by atoms with Crippen LogP contribution in [0.5, 0.6) is 0 Å². The molecule has 0 aliphatic heterocycles. The van der Waals surface area contributed by atoms with Crippen LogP contribution in [0, 0.1) is 5.82 Å². The van der Waals surface area contributed by atoms with Crippen molar-refractivity contribution in [1.29, 1.82) is 0 Å². The van der Waals surface area contributed by atoms with Gasteiger partial charge in [0.15, 0.2) is 0 Å². The van der Waals surface area contributed by atoms with Crippen molar-refractivity contribution in [2.75, 3.05) is 25.0 Å². The zero-order chi connectivity index (χ0) is 12.0. The summed E-state index contributed by atoms with van der Waals surface area (Å²) >= 11 is 0. The van der Waals surface area contributed by atoms with E-state index >= 15 is 0 Å². The summed E-state index contributed by atoms with van der Waals surface area (Å²) in [5.41, 5.74) is 0.624. The van der Waals surface area contributed by atoms with E-state index in [0.717, 1.165) is 13.1 Å². The normalized spacial score (nSPS) is 10.5. The fraction of sp³-hybridized carbons (Fsp3) is 0.417. The molecule has 0 fully saturated rings. The van der Waals surface area contributed by atoms with Crippen LogP contribution in [0.15, 0.2) is 24.3 Å². The summed E-state index contributed by atoms with van der Waals surface area (Å²) in [4.78, 5) is 13.6. The molecule has 1 aromatic carbocycles. The first kappa shape index (κ1) is 12.6. The van der Waals surface area contributed by atoms with Gasteiger partial charge in [-0.1, -0.05) is 13.8 Å². The summed E-state index contributed by atoms with van der Waals surface area (Å²) in [6, 6.07) is 5.75. The minimum Gasteiger partial charge on any atom is -0.325 e. The number of carbonyl (C=O) groups excluding carboxylic acids is 1. The zero-order valence-corrected chi connectivity index (χ0v) is 9.66. The Labute approximate surface area is 95.3 Å².